The summed E-state index contributed by atoms with van der Waals surface area (Å²) >= 11 is 0. The minimum atomic E-state index is -3.57. The average molecular weight is 303 g/mol. The van der Waals surface area contributed by atoms with Gasteiger partial charge < -0.3 is 9.67 Å². The van der Waals surface area contributed by atoms with E-state index in [-0.39, 0.29) is 23.9 Å². The molecule has 0 aliphatic carbocycles. The Hall–Kier alpha value is -1.41. The van der Waals surface area contributed by atoms with Gasteiger partial charge in [0, 0.05) is 25.7 Å². The molecule has 0 saturated carbocycles. The fourth-order valence-corrected chi connectivity index (χ4v) is 2.67. The smallest absolute Gasteiger partial charge is 0.303 e. The normalized spacial score (nSPS) is 13.3. The minimum absolute atomic E-state index is 0.0116. The van der Waals surface area contributed by atoms with Gasteiger partial charge in [0.2, 0.25) is 0 Å². The maximum atomic E-state index is 11.9. The van der Waals surface area contributed by atoms with Crippen LogP contribution in [-0.4, -0.2) is 35.6 Å². The van der Waals surface area contributed by atoms with Crippen LogP contribution in [-0.2, 0) is 21.4 Å². The molecule has 1 heterocycles. The van der Waals surface area contributed by atoms with E-state index in [4.69, 9.17) is 5.11 Å². The molecule has 1 aromatic rings. The highest BCUT2D eigenvalue weighted by molar-refractivity contribution is 7.89. The van der Waals surface area contributed by atoms with E-state index < -0.39 is 16.0 Å². The maximum absolute atomic E-state index is 11.9. The van der Waals surface area contributed by atoms with Crippen molar-refractivity contribution in [2.45, 2.75) is 44.7 Å². The second-order valence-corrected chi connectivity index (χ2v) is 6.48. The van der Waals surface area contributed by atoms with Gasteiger partial charge in [0.15, 0.2) is 5.03 Å². The predicted octanol–water partition coefficient (Wildman–Crippen LogP) is 1.07. The average Bonchev–Trinajstić information content (AvgIpc) is 2.85. The van der Waals surface area contributed by atoms with Crippen LogP contribution in [0.5, 0.6) is 0 Å². The van der Waals surface area contributed by atoms with E-state index in [0.29, 0.717) is 19.4 Å². The molecule has 0 amide bonds. The lowest BCUT2D eigenvalue weighted by Gasteiger charge is -2.10. The van der Waals surface area contributed by atoms with Crippen molar-refractivity contribution >= 4 is 16.0 Å². The molecular weight excluding hydrogens is 282 g/mol. The summed E-state index contributed by atoms with van der Waals surface area (Å²) in [6.45, 7) is 4.75. The van der Waals surface area contributed by atoms with Gasteiger partial charge in [-0.25, -0.2) is 18.1 Å². The third kappa shape index (κ3) is 5.30. The highest BCUT2D eigenvalue weighted by Gasteiger charge is 2.17. The van der Waals surface area contributed by atoms with Gasteiger partial charge in [-0.2, -0.15) is 0 Å². The number of imidazole rings is 1. The quantitative estimate of drug-likeness (QED) is 0.710. The van der Waals surface area contributed by atoms with E-state index in [1.54, 1.807) is 4.57 Å². The largest absolute Gasteiger partial charge is 0.481 e. The van der Waals surface area contributed by atoms with E-state index >= 15 is 0 Å². The molecule has 1 atom stereocenters. The zero-order chi connectivity index (χ0) is 15.2. The third-order valence-electron chi connectivity index (χ3n) is 3.03. The number of aromatic nitrogens is 2. The molecule has 8 heteroatoms. The summed E-state index contributed by atoms with van der Waals surface area (Å²) in [5.74, 6) is -0.676. The van der Waals surface area contributed by atoms with Crippen molar-refractivity contribution in [1.29, 1.82) is 0 Å². The van der Waals surface area contributed by atoms with Crippen LogP contribution in [0.2, 0.25) is 0 Å². The van der Waals surface area contributed by atoms with Crippen LogP contribution in [0.25, 0.3) is 0 Å². The summed E-state index contributed by atoms with van der Waals surface area (Å²) < 4.78 is 28.0. The van der Waals surface area contributed by atoms with E-state index in [2.05, 4.69) is 9.71 Å². The van der Waals surface area contributed by atoms with E-state index in [9.17, 15) is 13.2 Å². The molecule has 0 aromatic carbocycles. The van der Waals surface area contributed by atoms with Gasteiger partial charge >= 0.3 is 5.97 Å². The molecule has 20 heavy (non-hydrogen) atoms. The lowest BCUT2D eigenvalue weighted by molar-refractivity contribution is -0.137. The fourth-order valence-electron chi connectivity index (χ4n) is 1.68. The zero-order valence-corrected chi connectivity index (χ0v) is 12.6. The van der Waals surface area contributed by atoms with Crippen LogP contribution in [0.3, 0.4) is 0 Å². The summed E-state index contributed by atoms with van der Waals surface area (Å²) in [5, 5.41) is 8.58. The van der Waals surface area contributed by atoms with Crippen molar-refractivity contribution in [2.24, 2.45) is 5.92 Å². The van der Waals surface area contributed by atoms with Gasteiger partial charge in [-0.15, -0.1) is 0 Å². The van der Waals surface area contributed by atoms with Gasteiger partial charge in [-0.05, 0) is 25.7 Å². The molecule has 114 valence electrons. The van der Waals surface area contributed by atoms with E-state index in [1.807, 2.05) is 13.8 Å². The Morgan fingerprint density at radius 1 is 1.50 bits per heavy atom. The van der Waals surface area contributed by atoms with Gasteiger partial charge in [0.25, 0.3) is 10.0 Å². The van der Waals surface area contributed by atoms with Crippen LogP contribution in [0, 0.1) is 5.92 Å². The summed E-state index contributed by atoms with van der Waals surface area (Å²) in [4.78, 5) is 14.3. The van der Waals surface area contributed by atoms with Crippen LogP contribution in [0.15, 0.2) is 17.6 Å². The van der Waals surface area contributed by atoms with Gasteiger partial charge in [0.1, 0.15) is 0 Å². The molecule has 1 aromatic heterocycles. The highest BCUT2D eigenvalue weighted by Crippen LogP contribution is 2.10. The SMILES string of the molecule is CCn1cnc(S(=O)(=O)NCCC(C)CCC(=O)O)c1. The van der Waals surface area contributed by atoms with Crippen molar-refractivity contribution in [2.75, 3.05) is 6.54 Å². The number of nitrogens with zero attached hydrogens (tertiary/aromatic N) is 2. The molecule has 0 bridgehead atoms. The number of sulfonamides is 1. The van der Waals surface area contributed by atoms with Crippen molar-refractivity contribution < 1.29 is 18.3 Å². The van der Waals surface area contributed by atoms with Crippen molar-refractivity contribution in [3.63, 3.8) is 0 Å². The number of aliphatic carboxylic acids is 1. The summed E-state index contributed by atoms with van der Waals surface area (Å²) in [6.07, 6.45) is 4.21. The third-order valence-corrected chi connectivity index (χ3v) is 4.38. The Bertz CT molecular complexity index is 539. The highest BCUT2D eigenvalue weighted by atomic mass is 32.2. The van der Waals surface area contributed by atoms with Crippen LogP contribution < -0.4 is 4.72 Å². The first-order valence-corrected chi connectivity index (χ1v) is 8.06. The maximum Gasteiger partial charge on any atom is 0.303 e. The van der Waals surface area contributed by atoms with Gasteiger partial charge in [-0.3, -0.25) is 4.79 Å². The van der Waals surface area contributed by atoms with Crippen molar-refractivity contribution in [3.8, 4) is 0 Å². The molecule has 0 aliphatic heterocycles. The Kier molecular flexibility index (Phi) is 6.15. The molecule has 1 unspecified atom stereocenters. The number of carbonyl (C=O) groups is 1. The first kappa shape index (κ1) is 16.6. The topological polar surface area (TPSA) is 101 Å². The first-order chi connectivity index (χ1) is 9.35. The standard InChI is InChI=1S/C12H21N3O4S/c1-3-15-8-11(13-9-15)20(18,19)14-7-6-10(2)4-5-12(16)17/h8-10,14H,3-7H2,1-2H3,(H,16,17). The summed E-state index contributed by atoms with van der Waals surface area (Å²) in [6, 6.07) is 0. The fraction of sp³-hybridized carbons (Fsp3) is 0.667. The number of rotatable bonds is 9. The number of carboxylic acids is 1. The monoisotopic (exact) mass is 303 g/mol. The molecule has 1 rings (SSSR count). The predicted molar refractivity (Wildman–Crippen MR) is 73.7 cm³/mol. The minimum Gasteiger partial charge on any atom is -0.481 e. The first-order valence-electron chi connectivity index (χ1n) is 6.58. The van der Waals surface area contributed by atoms with Gasteiger partial charge in [-0.1, -0.05) is 6.92 Å². The van der Waals surface area contributed by atoms with Crippen LogP contribution in [0.1, 0.15) is 33.1 Å². The number of aryl methyl sites for hydroxylation is 1. The molecule has 0 aliphatic rings. The Morgan fingerprint density at radius 2 is 2.20 bits per heavy atom. The summed E-state index contributed by atoms with van der Waals surface area (Å²) in [5.41, 5.74) is 0. The molecule has 0 fully saturated rings. The summed E-state index contributed by atoms with van der Waals surface area (Å²) in [7, 11) is -3.57. The zero-order valence-electron chi connectivity index (χ0n) is 11.7. The van der Waals surface area contributed by atoms with Crippen LogP contribution >= 0.6 is 0 Å². The van der Waals surface area contributed by atoms with E-state index in [0.717, 1.165) is 0 Å². The molecule has 0 saturated heterocycles. The Labute approximate surface area is 119 Å². The molecular formula is C12H21N3O4S. The Morgan fingerprint density at radius 3 is 2.75 bits per heavy atom. The number of hydrogen-bond acceptors (Lipinski definition) is 4. The lowest BCUT2D eigenvalue weighted by Crippen LogP contribution is -2.26. The number of carboxylic acid groups (broad SMARTS) is 1. The lowest BCUT2D eigenvalue weighted by atomic mass is 10.0. The number of nitrogens with one attached hydrogen (secondary N) is 1. The molecule has 2 N–H and O–H groups in total. The van der Waals surface area contributed by atoms with Crippen molar-refractivity contribution in [3.05, 3.63) is 12.5 Å². The second kappa shape index (κ2) is 7.39. The molecule has 7 nitrogen and oxygen atoms in total. The van der Waals surface area contributed by atoms with Crippen LogP contribution in [0.4, 0.5) is 0 Å². The number of hydrogen-bond donors (Lipinski definition) is 2. The molecule has 0 spiro atoms. The Balaban J connectivity index is 2.42. The molecule has 0 radical (unpaired) electrons. The van der Waals surface area contributed by atoms with Gasteiger partial charge in [0.05, 0.1) is 6.33 Å². The second-order valence-electron chi connectivity index (χ2n) is 4.77. The van der Waals surface area contributed by atoms with Crippen molar-refractivity contribution in [1.82, 2.24) is 14.3 Å². The van der Waals surface area contributed by atoms with E-state index in [1.165, 1.54) is 12.5 Å².